The maximum Gasteiger partial charge on any atom is 0.334 e. The first-order chi connectivity index (χ1) is 6.27. The normalized spacial score (nSPS) is 18.6. The molecule has 5 heteroatoms. The standard InChI is InChI=1S/C8H10N2O3/c1-13-8(12)6-2-3-9-7(4-6)10-5-11/h2-3,11H,4-5H2,1H3/b10-7-. The van der Waals surface area contributed by atoms with Crippen LogP contribution in [0.4, 0.5) is 0 Å². The van der Waals surface area contributed by atoms with Crippen LogP contribution >= 0.6 is 0 Å². The van der Waals surface area contributed by atoms with Crippen LogP contribution in [0.25, 0.3) is 0 Å². The van der Waals surface area contributed by atoms with E-state index in [2.05, 4.69) is 14.7 Å². The van der Waals surface area contributed by atoms with Crippen LogP contribution in [0.3, 0.4) is 0 Å². The quantitative estimate of drug-likeness (QED) is 0.606. The van der Waals surface area contributed by atoms with E-state index < -0.39 is 5.97 Å². The maximum atomic E-state index is 11.0. The van der Waals surface area contributed by atoms with Crippen molar-refractivity contribution in [3.05, 3.63) is 11.6 Å². The average molecular weight is 182 g/mol. The third-order valence-corrected chi connectivity index (χ3v) is 1.55. The molecule has 0 aromatic heterocycles. The molecular weight excluding hydrogens is 172 g/mol. The van der Waals surface area contributed by atoms with E-state index in [4.69, 9.17) is 5.11 Å². The van der Waals surface area contributed by atoms with Crippen LogP contribution in [0.2, 0.25) is 0 Å². The Morgan fingerprint density at radius 3 is 3.23 bits per heavy atom. The minimum absolute atomic E-state index is 0.309. The first-order valence-corrected chi connectivity index (χ1v) is 3.73. The molecule has 0 fully saturated rings. The Balaban J connectivity index is 2.71. The van der Waals surface area contributed by atoms with Gasteiger partial charge in [-0.25, -0.2) is 14.8 Å². The molecule has 5 nitrogen and oxygen atoms in total. The van der Waals surface area contributed by atoms with Gasteiger partial charge in [0.25, 0.3) is 0 Å². The van der Waals surface area contributed by atoms with Gasteiger partial charge >= 0.3 is 5.97 Å². The number of dihydropyridines is 1. The molecule has 1 N–H and O–H groups in total. The summed E-state index contributed by atoms with van der Waals surface area (Å²) in [6.45, 7) is -0.318. The molecule has 0 aliphatic carbocycles. The van der Waals surface area contributed by atoms with Gasteiger partial charge in [-0.05, 0) is 6.08 Å². The van der Waals surface area contributed by atoms with Gasteiger partial charge in [-0.15, -0.1) is 0 Å². The number of amidine groups is 1. The fraction of sp³-hybridized carbons (Fsp3) is 0.375. The highest BCUT2D eigenvalue weighted by molar-refractivity contribution is 6.06. The summed E-state index contributed by atoms with van der Waals surface area (Å²) < 4.78 is 4.53. The van der Waals surface area contributed by atoms with E-state index in [9.17, 15) is 4.79 Å². The molecule has 1 heterocycles. The number of hydrogen-bond donors (Lipinski definition) is 1. The van der Waals surface area contributed by atoms with Crippen molar-refractivity contribution in [2.24, 2.45) is 9.98 Å². The Hall–Kier alpha value is -1.49. The van der Waals surface area contributed by atoms with Crippen molar-refractivity contribution in [3.63, 3.8) is 0 Å². The van der Waals surface area contributed by atoms with Gasteiger partial charge in [-0.2, -0.15) is 0 Å². The van der Waals surface area contributed by atoms with Crippen molar-refractivity contribution < 1.29 is 14.6 Å². The number of hydrogen-bond acceptors (Lipinski definition) is 4. The maximum absolute atomic E-state index is 11.0. The number of rotatable bonds is 2. The number of aliphatic hydroxyl groups excluding tert-OH is 1. The summed E-state index contributed by atoms with van der Waals surface area (Å²) in [7, 11) is 1.32. The molecule has 0 unspecified atom stereocenters. The second-order valence-electron chi connectivity index (χ2n) is 2.35. The smallest absolute Gasteiger partial charge is 0.334 e. The molecule has 0 saturated heterocycles. The van der Waals surface area contributed by atoms with Crippen LogP contribution in [0.15, 0.2) is 21.6 Å². The van der Waals surface area contributed by atoms with E-state index in [0.717, 1.165) is 0 Å². The molecule has 0 aromatic rings. The highest BCUT2D eigenvalue weighted by atomic mass is 16.5. The largest absolute Gasteiger partial charge is 0.466 e. The number of aliphatic imine (C=N–C) groups is 2. The van der Waals surface area contributed by atoms with E-state index in [1.54, 1.807) is 6.08 Å². The third-order valence-electron chi connectivity index (χ3n) is 1.55. The van der Waals surface area contributed by atoms with E-state index >= 15 is 0 Å². The summed E-state index contributed by atoms with van der Waals surface area (Å²) in [4.78, 5) is 18.6. The van der Waals surface area contributed by atoms with Gasteiger partial charge in [-0.3, -0.25) is 0 Å². The second-order valence-corrected chi connectivity index (χ2v) is 2.35. The molecule has 0 spiro atoms. The fourth-order valence-corrected chi connectivity index (χ4v) is 0.938. The van der Waals surface area contributed by atoms with Crippen molar-refractivity contribution >= 4 is 18.0 Å². The number of carbonyl (C=O) groups excluding carboxylic acids is 1. The zero-order valence-corrected chi connectivity index (χ0v) is 7.23. The summed E-state index contributed by atoms with van der Waals surface area (Å²) in [5.41, 5.74) is 0.490. The van der Waals surface area contributed by atoms with E-state index in [1.165, 1.54) is 13.3 Å². The number of methoxy groups -OCH3 is 1. The summed E-state index contributed by atoms with van der Waals surface area (Å²) in [5.74, 6) is 0.0437. The lowest BCUT2D eigenvalue weighted by molar-refractivity contribution is -0.136. The lowest BCUT2D eigenvalue weighted by atomic mass is 10.1. The molecule has 1 aliphatic rings. The van der Waals surface area contributed by atoms with E-state index in [1.807, 2.05) is 0 Å². The average Bonchev–Trinajstić information content (AvgIpc) is 2.18. The number of ether oxygens (including phenoxy) is 1. The Morgan fingerprint density at radius 2 is 2.62 bits per heavy atom. The zero-order valence-electron chi connectivity index (χ0n) is 7.23. The van der Waals surface area contributed by atoms with E-state index in [0.29, 0.717) is 17.8 Å². The SMILES string of the molecule is COC(=O)C1=CC=N/C(=N\CO)C1. The van der Waals surface area contributed by atoms with Gasteiger partial charge in [0, 0.05) is 18.2 Å². The lowest BCUT2D eigenvalue weighted by Gasteiger charge is -2.07. The number of nitrogens with zero attached hydrogens (tertiary/aromatic N) is 2. The Bertz CT molecular complexity index is 292. The van der Waals surface area contributed by atoms with Gasteiger partial charge in [0.2, 0.25) is 0 Å². The number of aliphatic hydroxyl groups is 1. The molecular formula is C8H10N2O3. The molecule has 0 aromatic carbocycles. The minimum Gasteiger partial charge on any atom is -0.466 e. The Kier molecular flexibility index (Phi) is 3.33. The van der Waals surface area contributed by atoms with Crippen LogP contribution < -0.4 is 0 Å². The highest BCUT2D eigenvalue weighted by Crippen LogP contribution is 2.09. The molecule has 0 bridgehead atoms. The monoisotopic (exact) mass is 182 g/mol. The molecule has 70 valence electrons. The molecule has 0 saturated carbocycles. The first kappa shape index (κ1) is 9.60. The van der Waals surface area contributed by atoms with Crippen molar-refractivity contribution in [1.82, 2.24) is 0 Å². The Labute approximate surface area is 75.5 Å². The molecule has 1 rings (SSSR count). The topological polar surface area (TPSA) is 71.2 Å². The van der Waals surface area contributed by atoms with Crippen molar-refractivity contribution in [2.45, 2.75) is 6.42 Å². The molecule has 1 aliphatic heterocycles. The predicted octanol–water partition coefficient (Wildman–Crippen LogP) is -0.0914. The summed E-state index contributed by atoms with van der Waals surface area (Å²) in [5, 5.41) is 8.50. The molecule has 0 atom stereocenters. The van der Waals surface area contributed by atoms with Crippen molar-refractivity contribution in [2.75, 3.05) is 13.8 Å². The van der Waals surface area contributed by atoms with E-state index in [-0.39, 0.29) is 6.73 Å². The number of carbonyl (C=O) groups is 1. The summed E-state index contributed by atoms with van der Waals surface area (Å²) in [6.07, 6.45) is 3.34. The third kappa shape index (κ3) is 2.48. The minimum atomic E-state index is -0.392. The Morgan fingerprint density at radius 1 is 1.85 bits per heavy atom. The molecule has 13 heavy (non-hydrogen) atoms. The van der Waals surface area contributed by atoms with Crippen LogP contribution in [0, 0.1) is 0 Å². The lowest BCUT2D eigenvalue weighted by Crippen LogP contribution is -2.12. The number of esters is 1. The van der Waals surface area contributed by atoms with Crippen molar-refractivity contribution in [1.29, 1.82) is 0 Å². The molecule has 0 radical (unpaired) electrons. The fourth-order valence-electron chi connectivity index (χ4n) is 0.938. The highest BCUT2D eigenvalue weighted by Gasteiger charge is 2.14. The zero-order chi connectivity index (χ0) is 9.68. The van der Waals surface area contributed by atoms with Crippen LogP contribution in [0.5, 0.6) is 0 Å². The molecule has 0 amide bonds. The number of allylic oxidation sites excluding steroid dienone is 1. The van der Waals surface area contributed by atoms with Gasteiger partial charge < -0.3 is 9.84 Å². The predicted molar refractivity (Wildman–Crippen MR) is 47.7 cm³/mol. The first-order valence-electron chi connectivity index (χ1n) is 3.73. The van der Waals surface area contributed by atoms with Crippen LogP contribution in [-0.2, 0) is 9.53 Å². The van der Waals surface area contributed by atoms with Gasteiger partial charge in [-0.1, -0.05) is 0 Å². The van der Waals surface area contributed by atoms with Gasteiger partial charge in [0.15, 0.2) is 0 Å². The van der Waals surface area contributed by atoms with Crippen LogP contribution in [-0.4, -0.2) is 37.0 Å². The van der Waals surface area contributed by atoms with Gasteiger partial charge in [0.05, 0.1) is 7.11 Å². The van der Waals surface area contributed by atoms with Gasteiger partial charge in [0.1, 0.15) is 12.6 Å². The summed E-state index contributed by atoms with van der Waals surface area (Å²) in [6, 6.07) is 0. The van der Waals surface area contributed by atoms with Crippen LogP contribution in [0.1, 0.15) is 6.42 Å². The summed E-state index contributed by atoms with van der Waals surface area (Å²) >= 11 is 0. The second kappa shape index (κ2) is 4.51. The van der Waals surface area contributed by atoms with Crippen molar-refractivity contribution in [3.8, 4) is 0 Å².